The Bertz CT molecular complexity index is 879. The van der Waals surface area contributed by atoms with Crippen molar-refractivity contribution in [1.29, 1.82) is 0 Å². The molecule has 7 heteroatoms. The molecular weight excluding hydrogens is 319 g/mol. The summed E-state index contributed by atoms with van der Waals surface area (Å²) in [6, 6.07) is 9.30. The summed E-state index contributed by atoms with van der Waals surface area (Å²) < 4.78 is 24.6. The molecule has 0 bridgehead atoms. The molecule has 0 aliphatic carbocycles. The van der Waals surface area contributed by atoms with E-state index in [9.17, 15) is 9.18 Å². The molecule has 2 aromatic carbocycles. The number of methoxy groups -OCH3 is 2. The van der Waals surface area contributed by atoms with E-state index in [4.69, 9.17) is 9.47 Å². The number of carbonyl (C=O) groups excluding carboxylic acids is 1. The number of hydrogen-bond donors (Lipinski definition) is 1. The summed E-state index contributed by atoms with van der Waals surface area (Å²) in [6.07, 6.45) is 0. The molecule has 3 aromatic rings. The molecule has 0 aliphatic heterocycles. The van der Waals surface area contributed by atoms with Gasteiger partial charge in [-0.3, -0.25) is 10.1 Å². The zero-order chi connectivity index (χ0) is 16.4. The van der Waals surface area contributed by atoms with Gasteiger partial charge in [0.1, 0.15) is 22.8 Å². The second kappa shape index (κ2) is 6.21. The quantitative estimate of drug-likeness (QED) is 0.791. The van der Waals surface area contributed by atoms with Crippen LogP contribution in [0.1, 0.15) is 10.4 Å². The van der Waals surface area contributed by atoms with Crippen molar-refractivity contribution >= 4 is 32.6 Å². The lowest BCUT2D eigenvalue weighted by molar-refractivity contribution is 0.102. The molecule has 5 nitrogen and oxygen atoms in total. The highest BCUT2D eigenvalue weighted by atomic mass is 32.1. The summed E-state index contributed by atoms with van der Waals surface area (Å²) >= 11 is 1.31. The Hall–Kier alpha value is -2.67. The first-order valence-corrected chi connectivity index (χ1v) is 7.52. The molecular formula is C16H13FN2O3S. The summed E-state index contributed by atoms with van der Waals surface area (Å²) in [5.74, 6) is -0.0773. The van der Waals surface area contributed by atoms with E-state index in [1.54, 1.807) is 13.2 Å². The molecule has 3 rings (SSSR count). The maximum atomic E-state index is 13.4. The molecule has 0 saturated carbocycles. The van der Waals surface area contributed by atoms with E-state index >= 15 is 0 Å². The van der Waals surface area contributed by atoms with Gasteiger partial charge in [-0.05, 0) is 30.3 Å². The average Bonchev–Trinajstić information content (AvgIpc) is 2.96. The van der Waals surface area contributed by atoms with Gasteiger partial charge in [0.2, 0.25) is 0 Å². The third-order valence-electron chi connectivity index (χ3n) is 3.23. The van der Waals surface area contributed by atoms with Gasteiger partial charge in [-0.2, -0.15) is 0 Å². The number of hydrogen-bond acceptors (Lipinski definition) is 5. The van der Waals surface area contributed by atoms with E-state index in [0.29, 0.717) is 22.1 Å². The molecule has 23 heavy (non-hydrogen) atoms. The van der Waals surface area contributed by atoms with Crippen molar-refractivity contribution in [2.45, 2.75) is 0 Å². The zero-order valence-electron chi connectivity index (χ0n) is 12.4. The third kappa shape index (κ3) is 2.95. The fourth-order valence-electron chi connectivity index (χ4n) is 2.16. The predicted molar refractivity (Wildman–Crippen MR) is 87.1 cm³/mol. The topological polar surface area (TPSA) is 60.5 Å². The minimum atomic E-state index is -0.512. The van der Waals surface area contributed by atoms with E-state index in [1.807, 2.05) is 12.1 Å². The second-order valence-electron chi connectivity index (χ2n) is 4.62. The normalized spacial score (nSPS) is 10.6. The fourth-order valence-corrected chi connectivity index (χ4v) is 3.04. The van der Waals surface area contributed by atoms with Crippen molar-refractivity contribution < 1.29 is 18.7 Å². The highest BCUT2D eigenvalue weighted by Gasteiger charge is 2.16. The number of thiazole rings is 1. The molecule has 0 unspecified atom stereocenters. The number of amides is 1. The lowest BCUT2D eigenvalue weighted by Gasteiger charge is -2.07. The molecule has 0 aliphatic rings. The fraction of sp³-hybridized carbons (Fsp3) is 0.125. The lowest BCUT2D eigenvalue weighted by atomic mass is 10.2. The van der Waals surface area contributed by atoms with Crippen molar-refractivity contribution in [3.8, 4) is 11.5 Å². The van der Waals surface area contributed by atoms with Crippen molar-refractivity contribution in [3.63, 3.8) is 0 Å². The van der Waals surface area contributed by atoms with Crippen molar-refractivity contribution in [2.24, 2.45) is 0 Å². The van der Waals surface area contributed by atoms with Crippen LogP contribution in [0.4, 0.5) is 9.52 Å². The lowest BCUT2D eigenvalue weighted by Crippen LogP contribution is -2.13. The standard InChI is InChI=1S/C16H13FN2O3S/c1-21-11-7-6-9(17)8-10(11)15(20)19-16-18-14-12(22-2)4-3-5-13(14)23-16/h3-8H,1-2H3,(H,18,19,20). The molecule has 1 aromatic heterocycles. The minimum absolute atomic E-state index is 0.110. The molecule has 0 fully saturated rings. The van der Waals surface area contributed by atoms with Crippen LogP contribution in [0.15, 0.2) is 36.4 Å². The molecule has 0 atom stereocenters. The van der Waals surface area contributed by atoms with Crippen LogP contribution in [-0.2, 0) is 0 Å². The van der Waals surface area contributed by atoms with Gasteiger partial charge in [-0.1, -0.05) is 17.4 Å². The number of para-hydroxylation sites is 1. The van der Waals surface area contributed by atoms with Crippen LogP contribution in [0.2, 0.25) is 0 Å². The number of carbonyl (C=O) groups is 1. The Morgan fingerprint density at radius 1 is 1.17 bits per heavy atom. The van der Waals surface area contributed by atoms with E-state index in [-0.39, 0.29) is 5.56 Å². The second-order valence-corrected chi connectivity index (χ2v) is 5.66. The van der Waals surface area contributed by atoms with Crippen LogP contribution in [0.25, 0.3) is 10.2 Å². The first-order valence-electron chi connectivity index (χ1n) is 6.71. The molecule has 1 N–H and O–H groups in total. The van der Waals surface area contributed by atoms with Crippen LogP contribution < -0.4 is 14.8 Å². The van der Waals surface area contributed by atoms with Gasteiger partial charge in [0, 0.05) is 0 Å². The van der Waals surface area contributed by atoms with Crippen LogP contribution in [0.3, 0.4) is 0 Å². The van der Waals surface area contributed by atoms with Gasteiger partial charge >= 0.3 is 0 Å². The Kier molecular flexibility index (Phi) is 4.12. The number of fused-ring (bicyclic) bond motifs is 1. The van der Waals surface area contributed by atoms with Crippen molar-refractivity contribution in [1.82, 2.24) is 4.98 Å². The Labute approximate surface area is 135 Å². The largest absolute Gasteiger partial charge is 0.496 e. The van der Waals surface area contributed by atoms with Gasteiger partial charge in [-0.25, -0.2) is 9.37 Å². The SMILES string of the molecule is COc1ccc(F)cc1C(=O)Nc1nc2c(OC)cccc2s1. The molecule has 1 heterocycles. The average molecular weight is 332 g/mol. The van der Waals surface area contributed by atoms with E-state index in [1.165, 1.54) is 30.6 Å². The van der Waals surface area contributed by atoms with Crippen LogP contribution in [0.5, 0.6) is 11.5 Å². The predicted octanol–water partition coefficient (Wildman–Crippen LogP) is 3.70. The zero-order valence-corrected chi connectivity index (χ0v) is 13.2. The Balaban J connectivity index is 1.93. The highest BCUT2D eigenvalue weighted by molar-refractivity contribution is 7.22. The van der Waals surface area contributed by atoms with Crippen LogP contribution >= 0.6 is 11.3 Å². The van der Waals surface area contributed by atoms with Gasteiger partial charge in [0.25, 0.3) is 5.91 Å². The molecule has 0 radical (unpaired) electrons. The number of nitrogens with one attached hydrogen (secondary N) is 1. The summed E-state index contributed by atoms with van der Waals surface area (Å²) in [5, 5.41) is 3.07. The van der Waals surface area contributed by atoms with Crippen LogP contribution in [0, 0.1) is 5.82 Å². The highest BCUT2D eigenvalue weighted by Crippen LogP contribution is 2.32. The summed E-state index contributed by atoms with van der Waals surface area (Å²) in [4.78, 5) is 16.7. The van der Waals surface area contributed by atoms with Crippen LogP contribution in [-0.4, -0.2) is 25.1 Å². The van der Waals surface area contributed by atoms with Crippen molar-refractivity contribution in [3.05, 3.63) is 47.8 Å². The van der Waals surface area contributed by atoms with E-state index < -0.39 is 11.7 Å². The first kappa shape index (κ1) is 15.2. The minimum Gasteiger partial charge on any atom is -0.496 e. The number of benzene rings is 2. The number of rotatable bonds is 4. The van der Waals surface area contributed by atoms with Gasteiger partial charge in [-0.15, -0.1) is 0 Å². The van der Waals surface area contributed by atoms with E-state index in [2.05, 4.69) is 10.3 Å². The number of halogens is 1. The van der Waals surface area contributed by atoms with Crippen molar-refractivity contribution in [2.75, 3.05) is 19.5 Å². The number of anilines is 1. The van der Waals surface area contributed by atoms with Gasteiger partial charge < -0.3 is 9.47 Å². The summed E-state index contributed by atoms with van der Waals surface area (Å²) in [7, 11) is 2.98. The van der Waals surface area contributed by atoms with Gasteiger partial charge in [0.15, 0.2) is 5.13 Å². The molecule has 0 saturated heterocycles. The number of nitrogens with zero attached hydrogens (tertiary/aromatic N) is 1. The molecule has 0 spiro atoms. The Morgan fingerprint density at radius 2 is 1.96 bits per heavy atom. The summed E-state index contributed by atoms with van der Waals surface area (Å²) in [6.45, 7) is 0. The monoisotopic (exact) mass is 332 g/mol. The number of aromatic nitrogens is 1. The molecule has 1 amide bonds. The maximum Gasteiger partial charge on any atom is 0.261 e. The first-order chi connectivity index (χ1) is 11.1. The summed E-state index contributed by atoms with van der Waals surface area (Å²) in [5.41, 5.74) is 0.778. The Morgan fingerprint density at radius 3 is 2.70 bits per heavy atom. The number of ether oxygens (including phenoxy) is 2. The van der Waals surface area contributed by atoms with E-state index in [0.717, 1.165) is 10.8 Å². The van der Waals surface area contributed by atoms with Gasteiger partial charge in [0.05, 0.1) is 24.5 Å². The smallest absolute Gasteiger partial charge is 0.261 e. The molecule has 118 valence electrons. The third-order valence-corrected chi connectivity index (χ3v) is 4.16. The maximum absolute atomic E-state index is 13.4.